The zero-order valence-corrected chi connectivity index (χ0v) is 14.7. The summed E-state index contributed by atoms with van der Waals surface area (Å²) in [4.78, 5) is 16.9. The zero-order chi connectivity index (χ0) is 17.2. The number of nitrogens with one attached hydrogen (secondary N) is 2. The summed E-state index contributed by atoms with van der Waals surface area (Å²) in [5.74, 6) is -0.107. The van der Waals surface area contributed by atoms with Gasteiger partial charge in [-0.25, -0.2) is 13.1 Å². The van der Waals surface area contributed by atoms with Crippen molar-refractivity contribution in [3.63, 3.8) is 0 Å². The lowest BCUT2D eigenvalue weighted by Gasteiger charge is -2.11. The molecule has 0 spiro atoms. The van der Waals surface area contributed by atoms with Gasteiger partial charge in [-0.3, -0.25) is 9.78 Å². The SMILES string of the molecule is C[C@@H]1CC(=O)Nc2cc(S(=O)(=O)NCc3ccccn3)ccc2S1. The number of anilines is 1. The molecule has 2 aromatic rings. The molecule has 2 N–H and O–H groups in total. The van der Waals surface area contributed by atoms with Gasteiger partial charge in [0.05, 0.1) is 22.8 Å². The number of sulfonamides is 1. The second-order valence-electron chi connectivity index (χ2n) is 5.48. The zero-order valence-electron chi connectivity index (χ0n) is 13.0. The standard InChI is InChI=1S/C16H17N3O3S2/c1-11-8-16(20)19-14-9-13(5-6-15(14)23-11)24(21,22)18-10-12-4-2-3-7-17-12/h2-7,9,11,18H,8,10H2,1H3,(H,19,20)/t11-/m1/s1. The lowest BCUT2D eigenvalue weighted by Crippen LogP contribution is -2.24. The molecule has 24 heavy (non-hydrogen) atoms. The van der Waals surface area contributed by atoms with Crippen LogP contribution in [-0.4, -0.2) is 24.6 Å². The van der Waals surface area contributed by atoms with E-state index in [-0.39, 0.29) is 22.6 Å². The quantitative estimate of drug-likeness (QED) is 0.871. The number of benzene rings is 1. The second-order valence-corrected chi connectivity index (χ2v) is 8.73. The molecule has 0 unspecified atom stereocenters. The highest BCUT2D eigenvalue weighted by Crippen LogP contribution is 2.36. The van der Waals surface area contributed by atoms with Crippen LogP contribution in [-0.2, 0) is 21.4 Å². The molecule has 1 aromatic carbocycles. The smallest absolute Gasteiger partial charge is 0.240 e. The number of fused-ring (bicyclic) bond motifs is 1. The second kappa shape index (κ2) is 6.92. The van der Waals surface area contributed by atoms with Crippen LogP contribution in [0, 0.1) is 0 Å². The Kier molecular flexibility index (Phi) is 4.88. The average molecular weight is 363 g/mol. The maximum atomic E-state index is 12.5. The Labute approximate surface area is 145 Å². The highest BCUT2D eigenvalue weighted by molar-refractivity contribution is 8.00. The summed E-state index contributed by atoms with van der Waals surface area (Å²) in [6.45, 7) is 2.08. The fraction of sp³-hybridized carbons (Fsp3) is 0.250. The maximum absolute atomic E-state index is 12.5. The van der Waals surface area contributed by atoms with E-state index >= 15 is 0 Å². The number of pyridine rings is 1. The van der Waals surface area contributed by atoms with Crippen molar-refractivity contribution in [3.05, 3.63) is 48.3 Å². The Morgan fingerprint density at radius 3 is 2.92 bits per heavy atom. The van der Waals surface area contributed by atoms with Crippen molar-refractivity contribution in [1.29, 1.82) is 0 Å². The first kappa shape index (κ1) is 16.9. The van der Waals surface area contributed by atoms with Crippen molar-refractivity contribution in [1.82, 2.24) is 9.71 Å². The number of amides is 1. The van der Waals surface area contributed by atoms with Gasteiger partial charge in [0.2, 0.25) is 15.9 Å². The van der Waals surface area contributed by atoms with Crippen LogP contribution in [0.25, 0.3) is 0 Å². The van der Waals surface area contributed by atoms with E-state index in [9.17, 15) is 13.2 Å². The van der Waals surface area contributed by atoms with Gasteiger partial charge in [0.1, 0.15) is 0 Å². The minimum absolute atomic E-state index is 0.107. The Bertz CT molecular complexity index is 854. The molecule has 1 aliphatic heterocycles. The van der Waals surface area contributed by atoms with Crippen LogP contribution in [0.3, 0.4) is 0 Å². The molecule has 0 radical (unpaired) electrons. The van der Waals surface area contributed by atoms with Crippen LogP contribution in [0.15, 0.2) is 52.4 Å². The van der Waals surface area contributed by atoms with Gasteiger partial charge < -0.3 is 5.32 Å². The van der Waals surface area contributed by atoms with E-state index in [4.69, 9.17) is 0 Å². The van der Waals surface area contributed by atoms with Gasteiger partial charge in [0.15, 0.2) is 0 Å². The van der Waals surface area contributed by atoms with E-state index < -0.39 is 10.0 Å². The maximum Gasteiger partial charge on any atom is 0.240 e. The number of rotatable bonds is 4. The van der Waals surface area contributed by atoms with Crippen molar-refractivity contribution in [2.75, 3.05) is 5.32 Å². The predicted molar refractivity (Wildman–Crippen MR) is 93.3 cm³/mol. The first-order chi connectivity index (χ1) is 11.4. The Hall–Kier alpha value is -1.90. The van der Waals surface area contributed by atoms with Crippen molar-refractivity contribution in [2.45, 2.75) is 34.9 Å². The van der Waals surface area contributed by atoms with E-state index in [1.807, 2.05) is 6.92 Å². The lowest BCUT2D eigenvalue weighted by atomic mass is 10.3. The third kappa shape index (κ3) is 3.95. The molecule has 1 aromatic heterocycles. The summed E-state index contributed by atoms with van der Waals surface area (Å²) in [7, 11) is -3.69. The van der Waals surface area contributed by atoms with Gasteiger partial charge in [-0.15, -0.1) is 11.8 Å². The molecule has 0 aliphatic carbocycles. The van der Waals surface area contributed by atoms with Gasteiger partial charge in [0, 0.05) is 22.8 Å². The largest absolute Gasteiger partial charge is 0.325 e. The average Bonchev–Trinajstić information content (AvgIpc) is 2.69. The Morgan fingerprint density at radius 1 is 1.33 bits per heavy atom. The topological polar surface area (TPSA) is 88.2 Å². The third-order valence-electron chi connectivity index (χ3n) is 3.51. The molecule has 1 amide bonds. The van der Waals surface area contributed by atoms with Crippen molar-refractivity contribution in [3.8, 4) is 0 Å². The number of thioether (sulfide) groups is 1. The Balaban J connectivity index is 1.82. The van der Waals surface area contributed by atoms with Gasteiger partial charge >= 0.3 is 0 Å². The molecule has 3 rings (SSSR count). The molecular weight excluding hydrogens is 346 g/mol. The molecule has 1 atom stereocenters. The highest BCUT2D eigenvalue weighted by Gasteiger charge is 2.22. The van der Waals surface area contributed by atoms with Crippen LogP contribution in [0.1, 0.15) is 19.0 Å². The van der Waals surface area contributed by atoms with Gasteiger partial charge in [-0.05, 0) is 30.3 Å². The van der Waals surface area contributed by atoms with Crippen LogP contribution in [0.2, 0.25) is 0 Å². The van der Waals surface area contributed by atoms with Crippen molar-refractivity contribution in [2.24, 2.45) is 0 Å². The first-order valence-corrected chi connectivity index (χ1v) is 9.80. The van der Waals surface area contributed by atoms with E-state index in [2.05, 4.69) is 15.0 Å². The third-order valence-corrected chi connectivity index (χ3v) is 6.08. The van der Waals surface area contributed by atoms with E-state index in [1.54, 1.807) is 48.3 Å². The molecule has 126 valence electrons. The van der Waals surface area contributed by atoms with Crippen LogP contribution in [0.4, 0.5) is 5.69 Å². The molecule has 0 bridgehead atoms. The molecule has 0 saturated heterocycles. The van der Waals surface area contributed by atoms with Gasteiger partial charge in [-0.2, -0.15) is 0 Å². The number of carbonyl (C=O) groups is 1. The number of hydrogen-bond acceptors (Lipinski definition) is 5. The van der Waals surface area contributed by atoms with Crippen LogP contribution < -0.4 is 10.0 Å². The molecule has 8 heteroatoms. The summed E-state index contributed by atoms with van der Waals surface area (Å²) >= 11 is 1.56. The van der Waals surface area contributed by atoms with E-state index in [1.165, 1.54) is 6.07 Å². The normalized spacial score (nSPS) is 17.7. The van der Waals surface area contributed by atoms with Crippen molar-refractivity contribution < 1.29 is 13.2 Å². The minimum Gasteiger partial charge on any atom is -0.325 e. The number of carbonyl (C=O) groups excluding carboxylic acids is 1. The summed E-state index contributed by atoms with van der Waals surface area (Å²) < 4.78 is 27.5. The van der Waals surface area contributed by atoms with Crippen LogP contribution in [0.5, 0.6) is 0 Å². The fourth-order valence-corrected chi connectivity index (χ4v) is 4.43. The lowest BCUT2D eigenvalue weighted by molar-refractivity contribution is -0.116. The molecule has 2 heterocycles. The number of hydrogen-bond donors (Lipinski definition) is 2. The monoisotopic (exact) mass is 363 g/mol. The first-order valence-electron chi connectivity index (χ1n) is 7.44. The molecule has 0 saturated carbocycles. The highest BCUT2D eigenvalue weighted by atomic mass is 32.2. The molecule has 6 nitrogen and oxygen atoms in total. The summed E-state index contributed by atoms with van der Waals surface area (Å²) in [6.07, 6.45) is 2.01. The fourth-order valence-electron chi connectivity index (χ4n) is 2.35. The van der Waals surface area contributed by atoms with E-state index in [0.717, 1.165) is 4.90 Å². The summed E-state index contributed by atoms with van der Waals surface area (Å²) in [5.41, 5.74) is 1.17. The summed E-state index contributed by atoms with van der Waals surface area (Å²) in [6, 6.07) is 10.1. The molecule has 0 fully saturated rings. The van der Waals surface area contributed by atoms with E-state index in [0.29, 0.717) is 17.8 Å². The van der Waals surface area contributed by atoms with Gasteiger partial charge in [0.25, 0.3) is 0 Å². The van der Waals surface area contributed by atoms with Crippen LogP contribution >= 0.6 is 11.8 Å². The number of nitrogens with zero attached hydrogens (tertiary/aromatic N) is 1. The molecule has 1 aliphatic rings. The summed E-state index contributed by atoms with van der Waals surface area (Å²) in [5, 5.41) is 2.92. The Morgan fingerprint density at radius 2 is 2.17 bits per heavy atom. The minimum atomic E-state index is -3.69. The molecular formula is C16H17N3O3S2. The predicted octanol–water partition coefficient (Wildman–Crippen LogP) is 2.38. The van der Waals surface area contributed by atoms with Crippen molar-refractivity contribution >= 4 is 33.4 Å². The number of aromatic nitrogens is 1. The van der Waals surface area contributed by atoms with Gasteiger partial charge in [-0.1, -0.05) is 13.0 Å².